The molecule has 0 saturated heterocycles. The van der Waals surface area contributed by atoms with Crippen LogP contribution in [0.1, 0.15) is 15.7 Å². The number of ether oxygens (including phenoxy) is 1. The molecule has 1 rings (SSSR count). The van der Waals surface area contributed by atoms with Crippen molar-refractivity contribution in [3.05, 3.63) is 29.3 Å². The average Bonchev–Trinajstić information content (AvgIpc) is 2.35. The monoisotopic (exact) mass is 400 g/mol. The minimum atomic E-state index is -6.77. The Balaban J connectivity index is 3.94. The first-order chi connectivity index (χ1) is 10.6. The van der Waals surface area contributed by atoms with Crippen LogP contribution in [0, 0.1) is 6.92 Å². The van der Waals surface area contributed by atoms with E-state index < -0.39 is 46.6 Å². The van der Waals surface area contributed by atoms with E-state index in [2.05, 4.69) is 4.74 Å². The van der Waals surface area contributed by atoms with Crippen LogP contribution in [-0.2, 0) is 19.7 Å². The molecule has 24 heavy (non-hydrogen) atoms. The van der Waals surface area contributed by atoms with E-state index in [1.54, 1.807) is 0 Å². The van der Waals surface area contributed by atoms with Gasteiger partial charge < -0.3 is 4.74 Å². The molecule has 0 saturated carbocycles. The SMILES string of the molecule is COc1ccc(C)cc1C(S(=O)(=O)C(F)(F)F)S(=O)(=O)C(F)(F)F. The number of alkyl halides is 6. The predicted octanol–water partition coefficient (Wildman–Crippen LogP) is 2.87. The van der Waals surface area contributed by atoms with E-state index in [1.165, 1.54) is 13.0 Å². The molecule has 1 aromatic rings. The number of hydrogen-bond donors (Lipinski definition) is 0. The summed E-state index contributed by atoms with van der Waals surface area (Å²) in [5, 5.41) is 0. The van der Waals surface area contributed by atoms with Gasteiger partial charge in [0.15, 0.2) is 0 Å². The third-order valence-electron chi connectivity index (χ3n) is 2.85. The summed E-state index contributed by atoms with van der Waals surface area (Å²) in [6.45, 7) is 1.22. The van der Waals surface area contributed by atoms with Crippen LogP contribution in [0.4, 0.5) is 26.3 Å². The molecule has 5 nitrogen and oxygen atoms in total. The van der Waals surface area contributed by atoms with Crippen LogP contribution in [0.2, 0.25) is 0 Å². The lowest BCUT2D eigenvalue weighted by Gasteiger charge is -2.23. The number of sulfone groups is 2. The molecular formula is C11H10F6O5S2. The molecule has 0 amide bonds. The molecule has 0 spiro atoms. The average molecular weight is 400 g/mol. The van der Waals surface area contributed by atoms with Gasteiger partial charge in [0.05, 0.1) is 7.11 Å². The van der Waals surface area contributed by atoms with E-state index in [1.807, 2.05) is 0 Å². The number of benzene rings is 1. The molecule has 0 bridgehead atoms. The van der Waals surface area contributed by atoms with Crippen LogP contribution >= 0.6 is 0 Å². The predicted molar refractivity (Wildman–Crippen MR) is 70.4 cm³/mol. The van der Waals surface area contributed by atoms with Gasteiger partial charge in [-0.1, -0.05) is 17.7 Å². The van der Waals surface area contributed by atoms with Crippen molar-refractivity contribution in [1.82, 2.24) is 0 Å². The van der Waals surface area contributed by atoms with E-state index in [9.17, 15) is 43.2 Å². The maximum Gasteiger partial charge on any atom is 0.499 e. The molecule has 1 aromatic carbocycles. The fourth-order valence-corrected chi connectivity index (χ4v) is 5.29. The largest absolute Gasteiger partial charge is 0.499 e. The highest BCUT2D eigenvalue weighted by atomic mass is 32.3. The quantitative estimate of drug-likeness (QED) is 0.727. The molecule has 0 unspecified atom stereocenters. The Hall–Kier alpha value is -1.50. The minimum absolute atomic E-state index is 0.0329. The van der Waals surface area contributed by atoms with Crippen molar-refractivity contribution in [2.24, 2.45) is 0 Å². The molecular weight excluding hydrogens is 390 g/mol. The van der Waals surface area contributed by atoms with E-state index in [0.717, 1.165) is 13.2 Å². The molecule has 0 heterocycles. The van der Waals surface area contributed by atoms with Gasteiger partial charge in [-0.25, -0.2) is 16.8 Å². The summed E-state index contributed by atoms with van der Waals surface area (Å²) in [5.41, 5.74) is -13.7. The number of aryl methyl sites for hydroxylation is 1. The highest BCUT2D eigenvalue weighted by Crippen LogP contribution is 2.47. The van der Waals surface area contributed by atoms with Crippen LogP contribution in [0.5, 0.6) is 5.75 Å². The first kappa shape index (κ1) is 20.5. The topological polar surface area (TPSA) is 77.5 Å². The van der Waals surface area contributed by atoms with Crippen LogP contribution in [0.3, 0.4) is 0 Å². The van der Waals surface area contributed by atoms with Crippen molar-refractivity contribution >= 4 is 19.7 Å². The summed E-state index contributed by atoms with van der Waals surface area (Å²) >= 11 is 0. The number of hydrogen-bond acceptors (Lipinski definition) is 5. The van der Waals surface area contributed by atoms with Crippen molar-refractivity contribution in [2.75, 3.05) is 7.11 Å². The number of rotatable bonds is 4. The maximum atomic E-state index is 12.8. The maximum absolute atomic E-state index is 12.8. The fraction of sp³-hybridized carbons (Fsp3) is 0.455. The second-order valence-electron chi connectivity index (χ2n) is 4.56. The van der Waals surface area contributed by atoms with Crippen molar-refractivity contribution in [2.45, 2.75) is 22.5 Å². The highest BCUT2D eigenvalue weighted by molar-refractivity contribution is 8.09. The van der Waals surface area contributed by atoms with Gasteiger partial charge in [-0.3, -0.25) is 0 Å². The molecule has 0 N–H and O–H groups in total. The Morgan fingerprint density at radius 3 is 1.67 bits per heavy atom. The minimum Gasteiger partial charge on any atom is -0.496 e. The number of methoxy groups -OCH3 is 1. The smallest absolute Gasteiger partial charge is 0.496 e. The zero-order valence-electron chi connectivity index (χ0n) is 11.9. The highest BCUT2D eigenvalue weighted by Gasteiger charge is 2.64. The Labute approximate surface area is 133 Å². The zero-order valence-corrected chi connectivity index (χ0v) is 13.6. The van der Waals surface area contributed by atoms with Crippen molar-refractivity contribution < 1.29 is 47.9 Å². The third kappa shape index (κ3) is 3.45. The standard InChI is InChI=1S/C11H10F6O5S2/c1-6-3-4-8(22-2)7(5-6)9(23(18,19)10(12,13)14)24(20,21)11(15,16)17/h3-5,9H,1-2H3. The first-order valence-corrected chi connectivity index (χ1v) is 8.91. The Bertz CT molecular complexity index is 779. The van der Waals surface area contributed by atoms with Crippen molar-refractivity contribution in [3.8, 4) is 5.75 Å². The van der Waals surface area contributed by atoms with Crippen LogP contribution in [0.15, 0.2) is 18.2 Å². The molecule has 0 aromatic heterocycles. The van der Waals surface area contributed by atoms with Gasteiger partial charge in [0.2, 0.25) is 4.58 Å². The third-order valence-corrected chi connectivity index (χ3v) is 7.29. The summed E-state index contributed by atoms with van der Waals surface area (Å²) in [5.74, 6) is -0.744. The Kier molecular flexibility index (Phi) is 5.22. The molecule has 138 valence electrons. The second kappa shape index (κ2) is 6.10. The molecule has 0 aliphatic heterocycles. The van der Waals surface area contributed by atoms with Gasteiger partial charge in [0.25, 0.3) is 19.7 Å². The molecule has 0 atom stereocenters. The van der Waals surface area contributed by atoms with Crippen LogP contribution < -0.4 is 4.74 Å². The summed E-state index contributed by atoms with van der Waals surface area (Å²) < 4.78 is 123. The lowest BCUT2D eigenvalue weighted by Crippen LogP contribution is -2.39. The molecule has 0 fully saturated rings. The summed E-state index contributed by atoms with van der Waals surface area (Å²) in [7, 11) is -12.7. The molecule has 13 heteroatoms. The van der Waals surface area contributed by atoms with Crippen LogP contribution in [-0.4, -0.2) is 35.0 Å². The molecule has 0 radical (unpaired) electrons. The Morgan fingerprint density at radius 1 is 0.917 bits per heavy atom. The fourth-order valence-electron chi connectivity index (χ4n) is 1.78. The van der Waals surface area contributed by atoms with Gasteiger partial charge in [0.1, 0.15) is 5.75 Å². The Morgan fingerprint density at radius 2 is 1.33 bits per heavy atom. The lowest BCUT2D eigenvalue weighted by atomic mass is 10.1. The van der Waals surface area contributed by atoms with Gasteiger partial charge >= 0.3 is 11.0 Å². The molecule has 0 aliphatic rings. The van der Waals surface area contributed by atoms with E-state index >= 15 is 0 Å². The van der Waals surface area contributed by atoms with Gasteiger partial charge in [-0.2, -0.15) is 26.3 Å². The van der Waals surface area contributed by atoms with E-state index in [-0.39, 0.29) is 5.56 Å². The van der Waals surface area contributed by atoms with Gasteiger partial charge in [0, 0.05) is 5.56 Å². The van der Waals surface area contributed by atoms with Crippen LogP contribution in [0.25, 0.3) is 0 Å². The summed E-state index contributed by atoms with van der Waals surface area (Å²) in [6.07, 6.45) is 0. The van der Waals surface area contributed by atoms with Crippen molar-refractivity contribution in [3.63, 3.8) is 0 Å². The summed E-state index contributed by atoms with van der Waals surface area (Å²) in [4.78, 5) is 0. The lowest BCUT2D eigenvalue weighted by molar-refractivity contribution is -0.0472. The van der Waals surface area contributed by atoms with E-state index in [4.69, 9.17) is 0 Å². The zero-order chi connectivity index (χ0) is 19.1. The van der Waals surface area contributed by atoms with E-state index in [0.29, 0.717) is 6.07 Å². The van der Waals surface area contributed by atoms with Gasteiger partial charge in [-0.15, -0.1) is 0 Å². The molecule has 0 aliphatic carbocycles. The van der Waals surface area contributed by atoms with Crippen molar-refractivity contribution in [1.29, 1.82) is 0 Å². The second-order valence-corrected chi connectivity index (χ2v) is 8.91. The summed E-state index contributed by atoms with van der Waals surface area (Å²) in [6, 6.07) is 2.64. The number of halogens is 6. The van der Waals surface area contributed by atoms with Gasteiger partial charge in [-0.05, 0) is 13.0 Å². The normalized spacial score (nSPS) is 14.0. The first-order valence-electron chi connectivity index (χ1n) is 5.82.